The molecular formula is C18H14Cl2N2O2S. The van der Waals surface area contributed by atoms with Crippen molar-refractivity contribution in [3.63, 3.8) is 0 Å². The van der Waals surface area contributed by atoms with Crippen LogP contribution in [0.5, 0.6) is 5.75 Å². The first-order chi connectivity index (χ1) is 12.0. The molecule has 1 aromatic heterocycles. The Balaban J connectivity index is 1.81. The van der Waals surface area contributed by atoms with Crippen LogP contribution < -0.4 is 10.1 Å². The van der Waals surface area contributed by atoms with E-state index in [2.05, 4.69) is 10.3 Å². The molecule has 3 aromatic rings. The van der Waals surface area contributed by atoms with Crippen LogP contribution in [0.25, 0.3) is 11.3 Å². The van der Waals surface area contributed by atoms with Crippen molar-refractivity contribution in [2.75, 3.05) is 12.4 Å². The third kappa shape index (κ3) is 3.95. The molecule has 3 rings (SSSR count). The zero-order chi connectivity index (χ0) is 18.0. The summed E-state index contributed by atoms with van der Waals surface area (Å²) in [5.41, 5.74) is 3.06. The normalized spacial score (nSPS) is 10.6. The van der Waals surface area contributed by atoms with Crippen LogP contribution in [0.3, 0.4) is 0 Å². The van der Waals surface area contributed by atoms with E-state index in [-0.39, 0.29) is 5.91 Å². The highest BCUT2D eigenvalue weighted by molar-refractivity contribution is 7.14. The summed E-state index contributed by atoms with van der Waals surface area (Å²) in [6, 6.07) is 10.6. The molecule has 0 bridgehead atoms. The van der Waals surface area contributed by atoms with Gasteiger partial charge in [-0.25, -0.2) is 4.98 Å². The quantitative estimate of drug-likeness (QED) is 0.620. The van der Waals surface area contributed by atoms with E-state index in [1.165, 1.54) is 17.4 Å². The number of hydrogen-bond donors (Lipinski definition) is 1. The van der Waals surface area contributed by atoms with Crippen LogP contribution >= 0.6 is 34.5 Å². The maximum absolute atomic E-state index is 12.4. The third-order valence-electron chi connectivity index (χ3n) is 3.59. The molecule has 1 amide bonds. The highest BCUT2D eigenvalue weighted by Gasteiger charge is 2.14. The van der Waals surface area contributed by atoms with E-state index in [0.717, 1.165) is 22.6 Å². The van der Waals surface area contributed by atoms with Crippen molar-refractivity contribution in [1.82, 2.24) is 4.98 Å². The van der Waals surface area contributed by atoms with E-state index in [4.69, 9.17) is 27.9 Å². The van der Waals surface area contributed by atoms with Crippen LogP contribution in [0.15, 0.2) is 41.8 Å². The van der Waals surface area contributed by atoms with Crippen molar-refractivity contribution in [2.45, 2.75) is 6.92 Å². The highest BCUT2D eigenvalue weighted by Crippen LogP contribution is 2.29. The number of thiazole rings is 1. The van der Waals surface area contributed by atoms with Gasteiger partial charge in [0.05, 0.1) is 23.4 Å². The molecule has 4 nitrogen and oxygen atoms in total. The van der Waals surface area contributed by atoms with Crippen molar-refractivity contribution >= 4 is 45.6 Å². The molecule has 0 spiro atoms. The van der Waals surface area contributed by atoms with Crippen LogP contribution in [0.2, 0.25) is 10.0 Å². The number of benzene rings is 2. The smallest absolute Gasteiger partial charge is 0.259 e. The number of amides is 1. The molecule has 0 saturated carbocycles. The number of nitrogens with zero attached hydrogens (tertiary/aromatic N) is 1. The Morgan fingerprint density at radius 3 is 2.72 bits per heavy atom. The topological polar surface area (TPSA) is 51.2 Å². The van der Waals surface area contributed by atoms with Gasteiger partial charge in [-0.2, -0.15) is 0 Å². The lowest BCUT2D eigenvalue weighted by Gasteiger charge is -2.06. The number of nitrogens with one attached hydrogen (secondary N) is 1. The Hall–Kier alpha value is -2.08. The molecule has 2 aromatic carbocycles. The molecule has 0 atom stereocenters. The van der Waals surface area contributed by atoms with Gasteiger partial charge < -0.3 is 4.74 Å². The molecule has 1 heterocycles. The van der Waals surface area contributed by atoms with Gasteiger partial charge in [0.25, 0.3) is 5.91 Å². The van der Waals surface area contributed by atoms with Gasteiger partial charge in [0.15, 0.2) is 5.13 Å². The number of hydrogen-bond acceptors (Lipinski definition) is 4. The van der Waals surface area contributed by atoms with Crippen LogP contribution in [0, 0.1) is 6.92 Å². The third-order valence-corrected chi connectivity index (χ3v) is 4.91. The van der Waals surface area contributed by atoms with Crippen molar-refractivity contribution in [2.24, 2.45) is 0 Å². The van der Waals surface area contributed by atoms with Gasteiger partial charge >= 0.3 is 0 Å². The number of carbonyl (C=O) groups is 1. The Morgan fingerprint density at radius 1 is 1.20 bits per heavy atom. The van der Waals surface area contributed by atoms with Gasteiger partial charge in [0.1, 0.15) is 5.75 Å². The molecule has 0 saturated heterocycles. The number of ether oxygens (including phenoxy) is 1. The fraction of sp³-hybridized carbons (Fsp3) is 0.111. The summed E-state index contributed by atoms with van der Waals surface area (Å²) in [6.07, 6.45) is 0. The summed E-state index contributed by atoms with van der Waals surface area (Å²) in [4.78, 5) is 16.8. The minimum absolute atomic E-state index is 0.311. The first-order valence-corrected chi connectivity index (χ1v) is 8.98. The Kier molecular flexibility index (Phi) is 5.27. The highest BCUT2D eigenvalue weighted by atomic mass is 35.5. The van der Waals surface area contributed by atoms with Crippen LogP contribution in [-0.4, -0.2) is 18.0 Å². The van der Waals surface area contributed by atoms with Crippen molar-refractivity contribution < 1.29 is 9.53 Å². The van der Waals surface area contributed by atoms with Crippen LogP contribution in [0.4, 0.5) is 5.13 Å². The summed E-state index contributed by atoms with van der Waals surface area (Å²) in [6.45, 7) is 1.97. The molecule has 7 heteroatoms. The first kappa shape index (κ1) is 17.7. The SMILES string of the molecule is COc1ccc(-c2csc(NC(=O)c3cc(Cl)ccc3Cl)n2)cc1C. The van der Waals surface area contributed by atoms with Crippen LogP contribution in [-0.2, 0) is 0 Å². The number of aryl methyl sites for hydroxylation is 1. The molecule has 0 aliphatic carbocycles. The van der Waals surface area contributed by atoms with Crippen LogP contribution in [0.1, 0.15) is 15.9 Å². The molecular weight excluding hydrogens is 379 g/mol. The Labute approximate surface area is 159 Å². The predicted octanol–water partition coefficient (Wildman–Crippen LogP) is 5.69. The fourth-order valence-corrected chi connectivity index (χ4v) is 3.43. The molecule has 1 N–H and O–H groups in total. The summed E-state index contributed by atoms with van der Waals surface area (Å²) >= 11 is 13.3. The Morgan fingerprint density at radius 2 is 2.00 bits per heavy atom. The van der Waals surface area contributed by atoms with Gasteiger partial charge in [-0.1, -0.05) is 23.2 Å². The molecule has 25 heavy (non-hydrogen) atoms. The number of rotatable bonds is 4. The zero-order valence-corrected chi connectivity index (χ0v) is 15.8. The predicted molar refractivity (Wildman–Crippen MR) is 103 cm³/mol. The minimum Gasteiger partial charge on any atom is -0.496 e. The molecule has 0 fully saturated rings. The van der Waals surface area contributed by atoms with E-state index in [9.17, 15) is 4.79 Å². The van der Waals surface area contributed by atoms with E-state index in [1.54, 1.807) is 19.2 Å². The summed E-state index contributed by atoms with van der Waals surface area (Å²) in [5.74, 6) is 0.474. The number of anilines is 1. The van der Waals surface area contributed by atoms with Gasteiger partial charge in [-0.15, -0.1) is 11.3 Å². The van der Waals surface area contributed by atoms with E-state index < -0.39 is 0 Å². The van der Waals surface area contributed by atoms with Gasteiger partial charge in [0, 0.05) is 16.0 Å². The monoisotopic (exact) mass is 392 g/mol. The van der Waals surface area contributed by atoms with Gasteiger partial charge in [-0.3, -0.25) is 10.1 Å². The number of aromatic nitrogens is 1. The first-order valence-electron chi connectivity index (χ1n) is 7.35. The fourth-order valence-electron chi connectivity index (χ4n) is 2.34. The number of halogens is 2. The average Bonchev–Trinajstić information content (AvgIpc) is 3.05. The lowest BCUT2D eigenvalue weighted by atomic mass is 10.1. The lowest BCUT2D eigenvalue weighted by Crippen LogP contribution is -2.12. The molecule has 0 radical (unpaired) electrons. The number of carbonyl (C=O) groups excluding carboxylic acids is 1. The van der Waals surface area contributed by atoms with E-state index in [0.29, 0.717) is 20.7 Å². The standard InChI is InChI=1S/C18H14Cl2N2O2S/c1-10-7-11(3-6-16(10)24-2)15-9-25-18(21-15)22-17(23)13-8-12(19)4-5-14(13)20/h3-9H,1-2H3,(H,21,22,23). The second kappa shape index (κ2) is 7.44. The molecule has 0 unspecified atom stereocenters. The van der Waals surface area contributed by atoms with Crippen molar-refractivity contribution in [1.29, 1.82) is 0 Å². The van der Waals surface area contributed by atoms with Gasteiger partial charge in [0.2, 0.25) is 0 Å². The van der Waals surface area contributed by atoms with Gasteiger partial charge in [-0.05, 0) is 48.9 Å². The van der Waals surface area contributed by atoms with E-state index >= 15 is 0 Å². The maximum Gasteiger partial charge on any atom is 0.259 e. The average molecular weight is 393 g/mol. The molecule has 128 valence electrons. The van der Waals surface area contributed by atoms with E-state index in [1.807, 2.05) is 30.5 Å². The summed E-state index contributed by atoms with van der Waals surface area (Å²) in [7, 11) is 1.64. The minimum atomic E-state index is -0.348. The molecule has 0 aliphatic rings. The molecule has 0 aliphatic heterocycles. The lowest BCUT2D eigenvalue weighted by molar-refractivity contribution is 0.102. The number of methoxy groups -OCH3 is 1. The summed E-state index contributed by atoms with van der Waals surface area (Å²) < 4.78 is 5.27. The second-order valence-electron chi connectivity index (χ2n) is 5.30. The largest absolute Gasteiger partial charge is 0.496 e. The Bertz CT molecular complexity index is 941. The zero-order valence-electron chi connectivity index (χ0n) is 13.5. The van der Waals surface area contributed by atoms with Crippen molar-refractivity contribution in [3.05, 3.63) is 63.0 Å². The van der Waals surface area contributed by atoms with Crippen molar-refractivity contribution in [3.8, 4) is 17.0 Å². The summed E-state index contributed by atoms with van der Waals surface area (Å²) in [5, 5.41) is 5.91. The maximum atomic E-state index is 12.4. The second-order valence-corrected chi connectivity index (χ2v) is 7.00.